The lowest BCUT2D eigenvalue weighted by Crippen LogP contribution is -2.18. The summed E-state index contributed by atoms with van der Waals surface area (Å²) in [4.78, 5) is 0. The van der Waals surface area contributed by atoms with Crippen molar-refractivity contribution in [2.45, 2.75) is 19.5 Å². The van der Waals surface area contributed by atoms with Gasteiger partial charge in [0, 0.05) is 6.04 Å². The molecule has 0 spiro atoms. The van der Waals surface area contributed by atoms with Gasteiger partial charge in [0.2, 0.25) is 0 Å². The van der Waals surface area contributed by atoms with Crippen LogP contribution in [0.5, 0.6) is 0 Å². The van der Waals surface area contributed by atoms with E-state index in [1.165, 1.54) is 12.1 Å². The molecule has 84 valence electrons. The fourth-order valence-corrected chi connectivity index (χ4v) is 1.37. The maximum absolute atomic E-state index is 12.7. The minimum atomic E-state index is -0.228. The minimum Gasteiger partial charge on any atom is -0.303 e. The molecule has 16 heavy (non-hydrogen) atoms. The Labute approximate surface area is 92.1 Å². The Hall–Kier alpha value is -1.82. The van der Waals surface area contributed by atoms with Crippen LogP contribution in [0.15, 0.2) is 24.3 Å². The summed E-state index contributed by atoms with van der Waals surface area (Å²) < 4.78 is 12.7. The van der Waals surface area contributed by atoms with E-state index in [1.54, 1.807) is 12.1 Å². The van der Waals surface area contributed by atoms with Crippen LogP contribution < -0.4 is 5.32 Å². The number of hydrogen-bond donors (Lipinski definition) is 2. The first-order chi connectivity index (χ1) is 7.75. The molecule has 0 fully saturated rings. The Balaban J connectivity index is 1.93. The number of tetrazole rings is 1. The molecule has 1 atom stereocenters. The molecule has 0 saturated carbocycles. The zero-order valence-electron chi connectivity index (χ0n) is 8.81. The lowest BCUT2D eigenvalue weighted by atomic mass is 10.1. The average Bonchev–Trinajstić information content (AvgIpc) is 2.80. The van der Waals surface area contributed by atoms with Gasteiger partial charge in [-0.15, -0.1) is 10.2 Å². The third kappa shape index (κ3) is 2.60. The minimum absolute atomic E-state index is 0.110. The number of hydrogen-bond acceptors (Lipinski definition) is 4. The van der Waals surface area contributed by atoms with E-state index in [-0.39, 0.29) is 11.9 Å². The lowest BCUT2D eigenvalue weighted by molar-refractivity contribution is 0.557. The monoisotopic (exact) mass is 221 g/mol. The van der Waals surface area contributed by atoms with Crippen LogP contribution in [0.25, 0.3) is 0 Å². The highest BCUT2D eigenvalue weighted by Gasteiger charge is 2.06. The van der Waals surface area contributed by atoms with Gasteiger partial charge >= 0.3 is 0 Å². The van der Waals surface area contributed by atoms with E-state index in [1.807, 2.05) is 6.92 Å². The van der Waals surface area contributed by atoms with Gasteiger partial charge in [0.1, 0.15) is 5.82 Å². The van der Waals surface area contributed by atoms with Crippen molar-refractivity contribution in [2.75, 3.05) is 0 Å². The van der Waals surface area contributed by atoms with Gasteiger partial charge in [-0.3, -0.25) is 0 Å². The molecule has 0 aliphatic rings. The second-order valence-electron chi connectivity index (χ2n) is 3.48. The van der Waals surface area contributed by atoms with Crippen LogP contribution >= 0.6 is 0 Å². The average molecular weight is 221 g/mol. The summed E-state index contributed by atoms with van der Waals surface area (Å²) in [7, 11) is 0. The molecule has 0 aliphatic carbocycles. The quantitative estimate of drug-likeness (QED) is 0.813. The number of halogens is 1. The fourth-order valence-electron chi connectivity index (χ4n) is 1.37. The molecule has 0 saturated heterocycles. The van der Waals surface area contributed by atoms with E-state index < -0.39 is 0 Å². The van der Waals surface area contributed by atoms with Gasteiger partial charge in [-0.25, -0.2) is 4.39 Å². The number of aromatic nitrogens is 4. The van der Waals surface area contributed by atoms with Gasteiger partial charge in [-0.2, -0.15) is 5.21 Å². The molecule has 1 aromatic carbocycles. The van der Waals surface area contributed by atoms with Gasteiger partial charge in [-0.05, 0) is 24.6 Å². The van der Waals surface area contributed by atoms with Crippen LogP contribution in [0, 0.1) is 5.82 Å². The highest BCUT2D eigenvalue weighted by molar-refractivity contribution is 5.19. The standard InChI is InChI=1S/C10H12FN5/c1-7(8-2-4-9(11)5-3-8)12-6-10-13-15-16-14-10/h2-5,7,12H,6H2,1H3,(H,13,14,15,16). The fraction of sp³-hybridized carbons (Fsp3) is 0.300. The van der Waals surface area contributed by atoms with E-state index in [2.05, 4.69) is 25.9 Å². The van der Waals surface area contributed by atoms with Crippen LogP contribution in [0.3, 0.4) is 0 Å². The SMILES string of the molecule is CC(NCc1nn[nH]n1)c1ccc(F)cc1. The van der Waals surface area contributed by atoms with E-state index in [4.69, 9.17) is 0 Å². The third-order valence-electron chi connectivity index (χ3n) is 2.33. The van der Waals surface area contributed by atoms with Crippen molar-refractivity contribution in [2.24, 2.45) is 0 Å². The maximum Gasteiger partial charge on any atom is 0.188 e. The van der Waals surface area contributed by atoms with Crippen LogP contribution in [0.4, 0.5) is 4.39 Å². The smallest absolute Gasteiger partial charge is 0.188 e. The summed E-state index contributed by atoms with van der Waals surface area (Å²) in [5.41, 5.74) is 1.02. The van der Waals surface area contributed by atoms with E-state index in [0.717, 1.165) is 5.56 Å². The maximum atomic E-state index is 12.7. The molecular weight excluding hydrogens is 209 g/mol. The van der Waals surface area contributed by atoms with Gasteiger partial charge in [0.05, 0.1) is 6.54 Å². The summed E-state index contributed by atoms with van der Waals surface area (Å²) in [6.45, 7) is 2.52. The van der Waals surface area contributed by atoms with Gasteiger partial charge < -0.3 is 5.32 Å². The molecule has 2 rings (SSSR count). The predicted molar refractivity (Wildman–Crippen MR) is 55.8 cm³/mol. The molecule has 6 heteroatoms. The van der Waals surface area contributed by atoms with Crippen molar-refractivity contribution in [3.63, 3.8) is 0 Å². The summed E-state index contributed by atoms with van der Waals surface area (Å²) in [6, 6.07) is 6.51. The topological polar surface area (TPSA) is 66.5 Å². The van der Waals surface area contributed by atoms with Crippen molar-refractivity contribution in [3.05, 3.63) is 41.5 Å². The van der Waals surface area contributed by atoms with Crippen molar-refractivity contribution in [3.8, 4) is 0 Å². The van der Waals surface area contributed by atoms with Crippen molar-refractivity contribution >= 4 is 0 Å². The number of nitrogens with one attached hydrogen (secondary N) is 2. The highest BCUT2D eigenvalue weighted by atomic mass is 19.1. The number of benzene rings is 1. The van der Waals surface area contributed by atoms with Crippen molar-refractivity contribution in [1.82, 2.24) is 25.9 Å². The zero-order chi connectivity index (χ0) is 11.4. The summed E-state index contributed by atoms with van der Waals surface area (Å²) >= 11 is 0. The van der Waals surface area contributed by atoms with E-state index >= 15 is 0 Å². The van der Waals surface area contributed by atoms with Crippen LogP contribution in [-0.2, 0) is 6.54 Å². The van der Waals surface area contributed by atoms with Crippen LogP contribution in [0.2, 0.25) is 0 Å². The summed E-state index contributed by atoms with van der Waals surface area (Å²) in [5.74, 6) is 0.378. The Morgan fingerprint density at radius 2 is 2.12 bits per heavy atom. The second-order valence-corrected chi connectivity index (χ2v) is 3.48. The molecular formula is C10H12FN5. The number of rotatable bonds is 4. The van der Waals surface area contributed by atoms with Crippen molar-refractivity contribution in [1.29, 1.82) is 0 Å². The third-order valence-corrected chi connectivity index (χ3v) is 2.33. The van der Waals surface area contributed by atoms with Crippen LogP contribution in [0.1, 0.15) is 24.4 Å². The molecule has 2 aromatic rings. The van der Waals surface area contributed by atoms with Gasteiger partial charge in [0.15, 0.2) is 5.82 Å². The van der Waals surface area contributed by atoms with E-state index in [0.29, 0.717) is 12.4 Å². The summed E-state index contributed by atoms with van der Waals surface area (Å²) in [6.07, 6.45) is 0. The zero-order valence-corrected chi connectivity index (χ0v) is 8.81. The Morgan fingerprint density at radius 1 is 1.38 bits per heavy atom. The molecule has 0 radical (unpaired) electrons. The molecule has 0 aliphatic heterocycles. The summed E-state index contributed by atoms with van der Waals surface area (Å²) in [5, 5.41) is 16.7. The number of nitrogens with zero attached hydrogens (tertiary/aromatic N) is 3. The number of aromatic amines is 1. The first kappa shape index (κ1) is 10.7. The lowest BCUT2D eigenvalue weighted by Gasteiger charge is -2.12. The van der Waals surface area contributed by atoms with Crippen LogP contribution in [-0.4, -0.2) is 20.6 Å². The van der Waals surface area contributed by atoms with Gasteiger partial charge in [-0.1, -0.05) is 17.3 Å². The Bertz CT molecular complexity index is 425. The molecule has 2 N–H and O–H groups in total. The van der Waals surface area contributed by atoms with Crippen molar-refractivity contribution < 1.29 is 4.39 Å². The highest BCUT2D eigenvalue weighted by Crippen LogP contribution is 2.12. The first-order valence-electron chi connectivity index (χ1n) is 4.97. The second kappa shape index (κ2) is 4.80. The Kier molecular flexibility index (Phi) is 3.21. The molecule has 5 nitrogen and oxygen atoms in total. The largest absolute Gasteiger partial charge is 0.303 e. The number of H-pyrrole nitrogens is 1. The first-order valence-corrected chi connectivity index (χ1v) is 4.97. The molecule has 0 amide bonds. The normalized spacial score (nSPS) is 12.6. The molecule has 1 unspecified atom stereocenters. The Morgan fingerprint density at radius 3 is 2.75 bits per heavy atom. The molecule has 1 aromatic heterocycles. The predicted octanol–water partition coefficient (Wildman–Crippen LogP) is 1.19. The van der Waals surface area contributed by atoms with Gasteiger partial charge in [0.25, 0.3) is 0 Å². The van der Waals surface area contributed by atoms with E-state index in [9.17, 15) is 4.39 Å². The molecule has 1 heterocycles. The molecule has 0 bridgehead atoms.